The number of nitrogens with two attached hydrogens (primary N) is 1. The van der Waals surface area contributed by atoms with Crippen LogP contribution in [-0.2, 0) is 0 Å². The Labute approximate surface area is 101 Å². The van der Waals surface area contributed by atoms with Gasteiger partial charge in [0.25, 0.3) is 0 Å². The Bertz CT molecular complexity index is 489. The van der Waals surface area contributed by atoms with Crippen LogP contribution in [0.3, 0.4) is 0 Å². The quantitative estimate of drug-likeness (QED) is 0.916. The number of halogens is 2. The zero-order valence-corrected chi connectivity index (χ0v) is 10.3. The van der Waals surface area contributed by atoms with Gasteiger partial charge < -0.3 is 10.2 Å². The number of furan rings is 1. The molecule has 0 aliphatic rings. The summed E-state index contributed by atoms with van der Waals surface area (Å²) < 4.78 is 19.2. The Kier molecular flexibility index (Phi) is 3.12. The van der Waals surface area contributed by atoms with Crippen molar-refractivity contribution in [3.8, 4) is 0 Å². The lowest BCUT2D eigenvalue weighted by atomic mass is 10.0. The average molecular weight is 284 g/mol. The first-order valence-corrected chi connectivity index (χ1v) is 5.63. The molecule has 0 saturated carbocycles. The molecule has 0 aliphatic heterocycles. The number of hydrogen-bond donors (Lipinski definition) is 1. The molecular weight excluding hydrogens is 273 g/mol. The van der Waals surface area contributed by atoms with Gasteiger partial charge in [-0.3, -0.25) is 0 Å². The van der Waals surface area contributed by atoms with Gasteiger partial charge in [0, 0.05) is 0 Å². The Morgan fingerprint density at radius 1 is 1.31 bits per heavy atom. The molecule has 16 heavy (non-hydrogen) atoms. The monoisotopic (exact) mass is 283 g/mol. The molecule has 2 N–H and O–H groups in total. The second-order valence-corrected chi connectivity index (χ2v) is 4.46. The van der Waals surface area contributed by atoms with Crippen LogP contribution in [0, 0.1) is 12.7 Å². The molecule has 1 atom stereocenters. The average Bonchev–Trinajstić information content (AvgIpc) is 2.62. The molecular formula is C12H11BrFNO. The van der Waals surface area contributed by atoms with E-state index in [0.717, 1.165) is 5.56 Å². The zero-order chi connectivity index (χ0) is 11.7. The first-order valence-electron chi connectivity index (χ1n) is 4.84. The molecule has 2 nitrogen and oxygen atoms in total. The van der Waals surface area contributed by atoms with Gasteiger partial charge in [-0.25, -0.2) is 4.39 Å². The molecule has 0 aliphatic carbocycles. The van der Waals surface area contributed by atoms with Crippen molar-refractivity contribution in [1.82, 2.24) is 0 Å². The fourth-order valence-corrected chi connectivity index (χ4v) is 1.92. The lowest BCUT2D eigenvalue weighted by Gasteiger charge is -2.10. The highest BCUT2D eigenvalue weighted by atomic mass is 79.9. The molecule has 1 unspecified atom stereocenters. The van der Waals surface area contributed by atoms with E-state index in [-0.39, 0.29) is 5.82 Å². The first kappa shape index (κ1) is 11.4. The van der Waals surface area contributed by atoms with Gasteiger partial charge >= 0.3 is 0 Å². The van der Waals surface area contributed by atoms with Gasteiger partial charge in [0.2, 0.25) is 0 Å². The van der Waals surface area contributed by atoms with Gasteiger partial charge in [-0.15, -0.1) is 0 Å². The molecule has 0 amide bonds. The maximum absolute atomic E-state index is 13.2. The van der Waals surface area contributed by atoms with Gasteiger partial charge in [0.15, 0.2) is 4.67 Å². The van der Waals surface area contributed by atoms with Crippen LogP contribution >= 0.6 is 15.9 Å². The van der Waals surface area contributed by atoms with Crippen molar-refractivity contribution in [3.05, 3.63) is 57.7 Å². The number of aryl methyl sites for hydroxylation is 1. The second kappa shape index (κ2) is 4.39. The van der Waals surface area contributed by atoms with Crippen molar-refractivity contribution in [2.75, 3.05) is 0 Å². The minimum atomic E-state index is -0.444. The van der Waals surface area contributed by atoms with E-state index in [1.807, 2.05) is 13.0 Å². The maximum atomic E-state index is 13.2. The Morgan fingerprint density at radius 2 is 2.06 bits per heavy atom. The molecule has 84 valence electrons. The summed E-state index contributed by atoms with van der Waals surface area (Å²) in [6.07, 6.45) is 0. The van der Waals surface area contributed by atoms with E-state index in [1.54, 1.807) is 12.1 Å². The predicted octanol–water partition coefficient (Wildman–Crippen LogP) is 3.54. The van der Waals surface area contributed by atoms with E-state index < -0.39 is 6.04 Å². The molecule has 2 aromatic rings. The molecule has 0 spiro atoms. The minimum Gasteiger partial charge on any atom is -0.452 e. The summed E-state index contributed by atoms with van der Waals surface area (Å²) >= 11 is 3.21. The lowest BCUT2D eigenvalue weighted by molar-refractivity contribution is 0.469. The van der Waals surface area contributed by atoms with E-state index in [4.69, 9.17) is 10.2 Å². The lowest BCUT2D eigenvalue weighted by Crippen LogP contribution is -2.11. The Morgan fingerprint density at radius 3 is 2.62 bits per heavy atom. The summed E-state index contributed by atoms with van der Waals surface area (Å²) in [7, 11) is 0. The van der Waals surface area contributed by atoms with Gasteiger partial charge in [-0.05, 0) is 58.2 Å². The minimum absolute atomic E-state index is 0.281. The summed E-state index contributed by atoms with van der Waals surface area (Å²) in [6.45, 7) is 1.83. The summed E-state index contributed by atoms with van der Waals surface area (Å²) in [4.78, 5) is 0. The van der Waals surface area contributed by atoms with Crippen molar-refractivity contribution >= 4 is 15.9 Å². The zero-order valence-electron chi connectivity index (χ0n) is 8.71. The smallest absolute Gasteiger partial charge is 0.169 e. The van der Waals surface area contributed by atoms with Gasteiger partial charge in [-0.1, -0.05) is 6.07 Å². The molecule has 0 radical (unpaired) electrons. The van der Waals surface area contributed by atoms with E-state index in [1.165, 1.54) is 12.1 Å². The Hall–Kier alpha value is -1.13. The van der Waals surface area contributed by atoms with Gasteiger partial charge in [0.1, 0.15) is 11.6 Å². The number of rotatable bonds is 2. The maximum Gasteiger partial charge on any atom is 0.169 e. The van der Waals surface area contributed by atoms with Crippen LogP contribution in [0.5, 0.6) is 0 Å². The van der Waals surface area contributed by atoms with E-state index in [9.17, 15) is 4.39 Å². The second-order valence-electron chi connectivity index (χ2n) is 3.68. The highest BCUT2D eigenvalue weighted by Gasteiger charge is 2.14. The van der Waals surface area contributed by atoms with Crippen molar-refractivity contribution in [3.63, 3.8) is 0 Å². The SMILES string of the molecule is Cc1cc(F)cc(C(N)c2ccc(Br)o2)c1. The first-order chi connectivity index (χ1) is 7.56. The van der Waals surface area contributed by atoms with Crippen molar-refractivity contribution < 1.29 is 8.81 Å². The molecule has 1 heterocycles. The predicted molar refractivity (Wildman–Crippen MR) is 63.6 cm³/mol. The third kappa shape index (κ3) is 2.33. The third-order valence-electron chi connectivity index (χ3n) is 2.32. The highest BCUT2D eigenvalue weighted by Crippen LogP contribution is 2.25. The van der Waals surface area contributed by atoms with Crippen LogP contribution in [0.1, 0.15) is 22.9 Å². The molecule has 4 heteroatoms. The summed E-state index contributed by atoms with van der Waals surface area (Å²) in [5.74, 6) is 0.327. The van der Waals surface area contributed by atoms with E-state index in [0.29, 0.717) is 16.0 Å². The summed E-state index contributed by atoms with van der Waals surface area (Å²) in [5.41, 5.74) is 7.54. The molecule has 0 bridgehead atoms. The molecule has 0 fully saturated rings. The van der Waals surface area contributed by atoms with Crippen molar-refractivity contribution in [2.24, 2.45) is 5.73 Å². The molecule has 0 saturated heterocycles. The third-order valence-corrected chi connectivity index (χ3v) is 2.75. The van der Waals surface area contributed by atoms with Crippen LogP contribution in [-0.4, -0.2) is 0 Å². The summed E-state index contributed by atoms with van der Waals surface area (Å²) in [5, 5.41) is 0. The fourth-order valence-electron chi connectivity index (χ4n) is 1.60. The van der Waals surface area contributed by atoms with Gasteiger partial charge in [-0.2, -0.15) is 0 Å². The highest BCUT2D eigenvalue weighted by molar-refractivity contribution is 9.10. The van der Waals surface area contributed by atoms with Crippen LogP contribution in [0.4, 0.5) is 4.39 Å². The van der Waals surface area contributed by atoms with E-state index in [2.05, 4.69) is 15.9 Å². The number of hydrogen-bond acceptors (Lipinski definition) is 2. The van der Waals surface area contributed by atoms with Gasteiger partial charge in [0.05, 0.1) is 6.04 Å². The molecule has 1 aromatic heterocycles. The molecule has 1 aromatic carbocycles. The molecule has 2 rings (SSSR count). The topological polar surface area (TPSA) is 39.2 Å². The standard InChI is InChI=1S/C12H11BrFNO/c1-7-4-8(6-9(14)5-7)12(15)10-2-3-11(13)16-10/h2-6,12H,15H2,1H3. The van der Waals surface area contributed by atoms with Crippen LogP contribution in [0.2, 0.25) is 0 Å². The van der Waals surface area contributed by atoms with E-state index >= 15 is 0 Å². The van der Waals surface area contributed by atoms with Crippen LogP contribution < -0.4 is 5.73 Å². The fraction of sp³-hybridized carbons (Fsp3) is 0.167. The Balaban J connectivity index is 2.37. The number of benzene rings is 1. The van der Waals surface area contributed by atoms with Crippen molar-refractivity contribution in [2.45, 2.75) is 13.0 Å². The largest absolute Gasteiger partial charge is 0.452 e. The van der Waals surface area contributed by atoms with Crippen LogP contribution in [0.15, 0.2) is 39.4 Å². The van der Waals surface area contributed by atoms with Crippen LogP contribution in [0.25, 0.3) is 0 Å². The van der Waals surface area contributed by atoms with Crippen molar-refractivity contribution in [1.29, 1.82) is 0 Å². The summed E-state index contributed by atoms with van der Waals surface area (Å²) in [6, 6.07) is 7.84. The normalized spacial score (nSPS) is 12.8.